The van der Waals surface area contributed by atoms with Gasteiger partial charge < -0.3 is 20.7 Å². The van der Waals surface area contributed by atoms with E-state index in [4.69, 9.17) is 15.6 Å². The van der Waals surface area contributed by atoms with Crippen LogP contribution >= 0.6 is 0 Å². The van der Waals surface area contributed by atoms with Crippen molar-refractivity contribution < 1.29 is 14.9 Å². The first kappa shape index (κ1) is 13.8. The van der Waals surface area contributed by atoms with E-state index >= 15 is 0 Å². The maximum atomic E-state index is 9.96. The Hall–Kier alpha value is -1.64. The molecule has 0 aromatic carbocycles. The van der Waals surface area contributed by atoms with Crippen LogP contribution in [0.25, 0.3) is 0 Å². The van der Waals surface area contributed by atoms with Crippen LogP contribution < -0.4 is 5.73 Å². The molecule has 1 aliphatic heterocycles. The lowest BCUT2D eigenvalue weighted by atomic mass is 9.90. The smallest absolute Gasteiger partial charge is 0.216 e. The van der Waals surface area contributed by atoms with Gasteiger partial charge in [-0.2, -0.15) is 0 Å². The highest BCUT2D eigenvalue weighted by atomic mass is 16.5. The molecule has 104 valence electrons. The molecule has 2 heterocycles. The van der Waals surface area contributed by atoms with Gasteiger partial charge in [-0.3, -0.25) is 0 Å². The summed E-state index contributed by atoms with van der Waals surface area (Å²) in [6.45, 7) is 2.09. The first-order chi connectivity index (χ1) is 9.13. The van der Waals surface area contributed by atoms with E-state index in [-0.39, 0.29) is 30.1 Å². The summed E-state index contributed by atoms with van der Waals surface area (Å²) in [6.07, 6.45) is 1.66. The van der Waals surface area contributed by atoms with E-state index < -0.39 is 12.2 Å². The number of rotatable bonds is 4. The summed E-state index contributed by atoms with van der Waals surface area (Å²) in [5.41, 5.74) is 5.60. The van der Waals surface area contributed by atoms with Crippen molar-refractivity contribution in [3.05, 3.63) is 6.33 Å². The van der Waals surface area contributed by atoms with Gasteiger partial charge in [0, 0.05) is 12.1 Å². The number of nitrogens with two attached hydrogens (primary N) is 1. The molecule has 4 atom stereocenters. The van der Waals surface area contributed by atoms with Crippen molar-refractivity contribution in [3.8, 4) is 0 Å². The number of hydrogen-bond acceptors (Lipinski definition) is 8. The lowest BCUT2D eigenvalue weighted by molar-refractivity contribution is 0.000917. The van der Waals surface area contributed by atoms with Crippen LogP contribution in [0.2, 0.25) is 0 Å². The van der Waals surface area contributed by atoms with E-state index in [1.54, 1.807) is 6.21 Å². The van der Waals surface area contributed by atoms with Crippen LogP contribution in [0.5, 0.6) is 0 Å². The van der Waals surface area contributed by atoms with Crippen molar-refractivity contribution in [1.82, 2.24) is 15.2 Å². The predicted molar refractivity (Wildman–Crippen MR) is 67.9 cm³/mol. The van der Waals surface area contributed by atoms with Gasteiger partial charge in [-0.05, 0) is 5.92 Å². The Morgan fingerprint density at radius 2 is 2.47 bits per heavy atom. The topological polar surface area (TPSA) is 127 Å². The number of nitrogen functional groups attached to an aromatic ring is 1. The first-order valence-corrected chi connectivity index (χ1v) is 6.01. The van der Waals surface area contributed by atoms with Gasteiger partial charge in [-0.25, -0.2) is 9.98 Å². The van der Waals surface area contributed by atoms with Crippen molar-refractivity contribution in [1.29, 1.82) is 0 Å². The Morgan fingerprint density at radius 1 is 1.68 bits per heavy atom. The van der Waals surface area contributed by atoms with Crippen LogP contribution in [0.1, 0.15) is 6.92 Å². The Labute approximate surface area is 110 Å². The summed E-state index contributed by atoms with van der Waals surface area (Å²) in [6, 6.07) is 0. The van der Waals surface area contributed by atoms with Gasteiger partial charge in [0.05, 0.1) is 19.3 Å². The summed E-state index contributed by atoms with van der Waals surface area (Å²) >= 11 is 0. The van der Waals surface area contributed by atoms with E-state index in [1.165, 1.54) is 6.33 Å². The molecule has 1 aromatic heterocycles. The van der Waals surface area contributed by atoms with Crippen molar-refractivity contribution >= 4 is 17.9 Å². The number of aliphatic hydroxyl groups excluding tert-OH is 2. The number of anilines is 1. The lowest BCUT2D eigenvalue weighted by Gasteiger charge is -2.18. The second-order valence-corrected chi connectivity index (χ2v) is 4.51. The minimum absolute atomic E-state index is 0.0482. The van der Waals surface area contributed by atoms with Gasteiger partial charge in [0.2, 0.25) is 5.82 Å². The molecule has 8 heteroatoms. The van der Waals surface area contributed by atoms with Gasteiger partial charge in [-0.15, -0.1) is 10.2 Å². The Bertz CT molecular complexity index is 456. The zero-order valence-electron chi connectivity index (χ0n) is 10.5. The largest absolute Gasteiger partial charge is 0.394 e. The maximum Gasteiger partial charge on any atom is 0.216 e. The number of hydrogen-bond donors (Lipinski definition) is 3. The van der Waals surface area contributed by atoms with Crippen LogP contribution in [0.15, 0.2) is 11.3 Å². The zero-order chi connectivity index (χ0) is 13.8. The predicted octanol–water partition coefficient (Wildman–Crippen LogP) is -0.840. The molecule has 1 aromatic rings. The quantitative estimate of drug-likeness (QED) is 0.607. The standard InChI is InChI=1S/C11H17N5O3/c1-6(7-4-19-8(3-17)9(7)18)2-13-11-10(12)14-5-15-16-11/h2,5-9,17-18H,3-4H2,1H3,(H2,12,14,15). The van der Waals surface area contributed by atoms with Gasteiger partial charge >= 0.3 is 0 Å². The van der Waals surface area contributed by atoms with Crippen molar-refractivity contribution in [2.75, 3.05) is 18.9 Å². The number of ether oxygens (including phenoxy) is 1. The third-order valence-corrected chi connectivity index (χ3v) is 3.24. The molecular weight excluding hydrogens is 250 g/mol. The summed E-state index contributed by atoms with van der Waals surface area (Å²) < 4.78 is 5.30. The summed E-state index contributed by atoms with van der Waals surface area (Å²) in [5.74, 6) is 0.288. The molecule has 1 fully saturated rings. The van der Waals surface area contributed by atoms with Crippen molar-refractivity contribution in [3.63, 3.8) is 0 Å². The average Bonchev–Trinajstić information content (AvgIpc) is 2.78. The Kier molecular flexibility index (Phi) is 4.35. The van der Waals surface area contributed by atoms with Crippen LogP contribution in [-0.2, 0) is 4.74 Å². The molecule has 0 saturated carbocycles. The highest BCUT2D eigenvalue weighted by molar-refractivity contribution is 5.67. The molecule has 0 aliphatic carbocycles. The van der Waals surface area contributed by atoms with Crippen LogP contribution in [0.4, 0.5) is 11.6 Å². The second kappa shape index (κ2) is 6.00. The molecule has 0 radical (unpaired) electrons. The van der Waals surface area contributed by atoms with Crippen molar-refractivity contribution in [2.45, 2.75) is 19.1 Å². The van der Waals surface area contributed by atoms with Gasteiger partial charge in [0.25, 0.3) is 0 Å². The number of aliphatic imine (C=N–C) groups is 1. The zero-order valence-corrected chi connectivity index (χ0v) is 10.5. The molecule has 4 N–H and O–H groups in total. The minimum Gasteiger partial charge on any atom is -0.394 e. The van der Waals surface area contributed by atoms with Crippen LogP contribution in [0.3, 0.4) is 0 Å². The van der Waals surface area contributed by atoms with Crippen LogP contribution in [-0.4, -0.2) is 57.0 Å². The molecule has 0 bridgehead atoms. The normalized spacial score (nSPS) is 28.9. The lowest BCUT2D eigenvalue weighted by Crippen LogP contribution is -2.32. The highest BCUT2D eigenvalue weighted by Crippen LogP contribution is 2.26. The molecule has 19 heavy (non-hydrogen) atoms. The number of aromatic nitrogens is 3. The molecule has 2 rings (SSSR count). The fourth-order valence-corrected chi connectivity index (χ4v) is 2.00. The third kappa shape index (κ3) is 3.03. The number of nitrogens with zero attached hydrogens (tertiary/aromatic N) is 4. The molecule has 1 saturated heterocycles. The third-order valence-electron chi connectivity index (χ3n) is 3.24. The van der Waals surface area contributed by atoms with Crippen molar-refractivity contribution in [2.24, 2.45) is 16.8 Å². The summed E-state index contributed by atoms with van der Waals surface area (Å²) in [7, 11) is 0. The molecule has 0 amide bonds. The Morgan fingerprint density at radius 3 is 3.11 bits per heavy atom. The maximum absolute atomic E-state index is 9.96. The molecule has 4 unspecified atom stereocenters. The molecular formula is C11H17N5O3. The van der Waals surface area contributed by atoms with Crippen LogP contribution in [0, 0.1) is 11.8 Å². The Balaban J connectivity index is 2.02. The SMILES string of the molecule is CC(C=Nc1nncnc1N)C1COC(CO)C1O. The monoisotopic (exact) mass is 267 g/mol. The average molecular weight is 267 g/mol. The molecule has 1 aliphatic rings. The number of aliphatic hydroxyl groups is 2. The summed E-state index contributed by atoms with van der Waals surface area (Å²) in [5, 5.41) is 26.3. The first-order valence-electron chi connectivity index (χ1n) is 6.01. The molecule has 8 nitrogen and oxygen atoms in total. The van der Waals surface area contributed by atoms with Gasteiger partial charge in [0.1, 0.15) is 12.4 Å². The van der Waals surface area contributed by atoms with Gasteiger partial charge in [0.15, 0.2) is 5.82 Å². The molecule has 0 spiro atoms. The fourth-order valence-electron chi connectivity index (χ4n) is 2.00. The minimum atomic E-state index is -0.705. The van der Waals surface area contributed by atoms with E-state index in [1.807, 2.05) is 6.92 Å². The summed E-state index contributed by atoms with van der Waals surface area (Å²) in [4.78, 5) is 7.90. The van der Waals surface area contributed by atoms with Gasteiger partial charge in [-0.1, -0.05) is 6.92 Å². The van der Waals surface area contributed by atoms with E-state index in [2.05, 4.69) is 20.2 Å². The van der Waals surface area contributed by atoms with E-state index in [0.29, 0.717) is 6.61 Å². The highest BCUT2D eigenvalue weighted by Gasteiger charge is 2.37. The fraction of sp³-hybridized carbons (Fsp3) is 0.636. The second-order valence-electron chi connectivity index (χ2n) is 4.51. The van der Waals surface area contributed by atoms with E-state index in [9.17, 15) is 5.11 Å². The van der Waals surface area contributed by atoms with E-state index in [0.717, 1.165) is 0 Å².